The zero-order chi connectivity index (χ0) is 15.6. The van der Waals surface area contributed by atoms with Crippen molar-refractivity contribution in [1.82, 2.24) is 10.2 Å². The molecule has 0 saturated carbocycles. The quantitative estimate of drug-likeness (QED) is 0.865. The molecule has 2 saturated heterocycles. The van der Waals surface area contributed by atoms with Gasteiger partial charge in [0.05, 0.1) is 0 Å². The molecule has 0 aromatic carbocycles. The van der Waals surface area contributed by atoms with Gasteiger partial charge in [-0.2, -0.15) is 0 Å². The minimum absolute atomic E-state index is 0.154. The van der Waals surface area contributed by atoms with Gasteiger partial charge in [0.25, 0.3) is 0 Å². The first-order chi connectivity index (χ1) is 9.90. The number of rotatable bonds is 4. The van der Waals surface area contributed by atoms with Gasteiger partial charge in [0.2, 0.25) is 11.8 Å². The van der Waals surface area contributed by atoms with Gasteiger partial charge in [-0.25, -0.2) is 0 Å². The predicted molar refractivity (Wildman–Crippen MR) is 83.6 cm³/mol. The molecule has 0 aliphatic carbocycles. The number of nitrogens with one attached hydrogen (secondary N) is 1. The second-order valence-electron chi connectivity index (χ2n) is 7.42. The lowest BCUT2D eigenvalue weighted by Gasteiger charge is -2.39. The molecule has 4 nitrogen and oxygen atoms in total. The first-order valence-electron chi connectivity index (χ1n) is 8.42. The molecule has 2 aliphatic rings. The van der Waals surface area contributed by atoms with Gasteiger partial charge < -0.3 is 10.2 Å². The molecule has 21 heavy (non-hydrogen) atoms. The molecule has 2 heterocycles. The molecule has 1 N–H and O–H groups in total. The summed E-state index contributed by atoms with van der Waals surface area (Å²) in [6.07, 6.45) is 4.15. The van der Waals surface area contributed by atoms with E-state index < -0.39 is 0 Å². The maximum Gasteiger partial charge on any atom is 0.225 e. The summed E-state index contributed by atoms with van der Waals surface area (Å²) in [7, 11) is 1.92. The van der Waals surface area contributed by atoms with E-state index in [0.717, 1.165) is 38.8 Å². The summed E-state index contributed by atoms with van der Waals surface area (Å²) < 4.78 is 0. The first-order valence-corrected chi connectivity index (χ1v) is 8.42. The van der Waals surface area contributed by atoms with Gasteiger partial charge in [-0.3, -0.25) is 9.59 Å². The molecule has 2 amide bonds. The molecule has 2 fully saturated rings. The Kier molecular flexibility index (Phi) is 5.28. The summed E-state index contributed by atoms with van der Waals surface area (Å²) in [5.41, 5.74) is 0. The van der Waals surface area contributed by atoms with Crippen LogP contribution in [0.2, 0.25) is 0 Å². The Morgan fingerprint density at radius 3 is 2.57 bits per heavy atom. The number of piperidine rings is 2. The second kappa shape index (κ2) is 6.80. The van der Waals surface area contributed by atoms with Crippen LogP contribution < -0.4 is 5.32 Å². The topological polar surface area (TPSA) is 49.4 Å². The van der Waals surface area contributed by atoms with Crippen molar-refractivity contribution in [3.05, 3.63) is 0 Å². The fraction of sp³-hybridized carbons (Fsp3) is 0.882. The number of likely N-dealkylation sites (tertiary alicyclic amines) is 1. The molecule has 3 unspecified atom stereocenters. The Morgan fingerprint density at radius 2 is 1.95 bits per heavy atom. The van der Waals surface area contributed by atoms with Crippen LogP contribution in [-0.2, 0) is 9.59 Å². The summed E-state index contributed by atoms with van der Waals surface area (Å²) in [6, 6.07) is 0. The molecule has 0 radical (unpaired) electrons. The van der Waals surface area contributed by atoms with Gasteiger partial charge in [0, 0.05) is 32.0 Å². The van der Waals surface area contributed by atoms with Crippen LogP contribution in [0.3, 0.4) is 0 Å². The van der Waals surface area contributed by atoms with Crippen molar-refractivity contribution in [2.45, 2.75) is 46.5 Å². The molecule has 0 aromatic rings. The fourth-order valence-corrected chi connectivity index (χ4v) is 4.05. The van der Waals surface area contributed by atoms with Crippen molar-refractivity contribution in [1.29, 1.82) is 0 Å². The van der Waals surface area contributed by atoms with Crippen LogP contribution in [-0.4, -0.2) is 36.9 Å². The highest BCUT2D eigenvalue weighted by Gasteiger charge is 2.36. The van der Waals surface area contributed by atoms with Gasteiger partial charge in [-0.05, 0) is 43.4 Å². The van der Waals surface area contributed by atoms with Crippen LogP contribution in [0.25, 0.3) is 0 Å². The smallest absolute Gasteiger partial charge is 0.225 e. The molecule has 120 valence electrons. The minimum atomic E-state index is 0.154. The van der Waals surface area contributed by atoms with Crippen LogP contribution >= 0.6 is 0 Å². The van der Waals surface area contributed by atoms with Crippen molar-refractivity contribution in [3.63, 3.8) is 0 Å². The summed E-state index contributed by atoms with van der Waals surface area (Å²) >= 11 is 0. The minimum Gasteiger partial charge on any atom is -0.356 e. The van der Waals surface area contributed by atoms with E-state index >= 15 is 0 Å². The van der Waals surface area contributed by atoms with Crippen LogP contribution in [0.15, 0.2) is 0 Å². The van der Waals surface area contributed by atoms with E-state index in [-0.39, 0.29) is 17.7 Å². The van der Waals surface area contributed by atoms with Gasteiger partial charge in [0.15, 0.2) is 0 Å². The van der Waals surface area contributed by atoms with Crippen LogP contribution in [0, 0.1) is 29.6 Å². The fourth-order valence-electron chi connectivity index (χ4n) is 4.05. The van der Waals surface area contributed by atoms with Crippen molar-refractivity contribution in [2.75, 3.05) is 20.1 Å². The van der Waals surface area contributed by atoms with Crippen molar-refractivity contribution < 1.29 is 9.59 Å². The number of amides is 2. The van der Waals surface area contributed by atoms with E-state index in [1.807, 2.05) is 11.9 Å². The normalized spacial score (nSPS) is 32.2. The van der Waals surface area contributed by atoms with Crippen LogP contribution in [0.4, 0.5) is 0 Å². The Bertz CT molecular complexity index is 394. The third kappa shape index (κ3) is 3.78. The second-order valence-corrected chi connectivity index (χ2v) is 7.42. The van der Waals surface area contributed by atoms with Crippen molar-refractivity contribution in [3.8, 4) is 0 Å². The SMILES string of the molecule is CC(C)C1CC(C[C@@H](C)C2CCCNC2=O)CN(C)C1=O. The Hall–Kier alpha value is -1.06. The van der Waals surface area contributed by atoms with Crippen molar-refractivity contribution >= 4 is 11.8 Å². The highest BCUT2D eigenvalue weighted by Crippen LogP contribution is 2.34. The number of carbonyl (C=O) groups is 2. The van der Waals surface area contributed by atoms with Gasteiger partial charge in [0.1, 0.15) is 0 Å². The van der Waals surface area contributed by atoms with Gasteiger partial charge in [-0.15, -0.1) is 0 Å². The van der Waals surface area contributed by atoms with E-state index in [4.69, 9.17) is 0 Å². The predicted octanol–water partition coefficient (Wildman–Crippen LogP) is 2.29. The highest BCUT2D eigenvalue weighted by molar-refractivity contribution is 5.80. The largest absolute Gasteiger partial charge is 0.356 e. The average molecular weight is 294 g/mol. The van der Waals surface area contributed by atoms with Crippen molar-refractivity contribution in [2.24, 2.45) is 29.6 Å². The van der Waals surface area contributed by atoms with E-state index in [0.29, 0.717) is 23.7 Å². The van der Waals surface area contributed by atoms with E-state index in [2.05, 4.69) is 26.1 Å². The lowest BCUT2D eigenvalue weighted by atomic mass is 9.75. The van der Waals surface area contributed by atoms with E-state index in [1.165, 1.54) is 0 Å². The summed E-state index contributed by atoms with van der Waals surface area (Å²) in [5.74, 6) is 2.18. The number of carbonyl (C=O) groups excluding carboxylic acids is 2. The summed E-state index contributed by atoms with van der Waals surface area (Å²) in [6.45, 7) is 8.16. The lowest BCUT2D eigenvalue weighted by molar-refractivity contribution is -0.141. The number of hydrogen-bond acceptors (Lipinski definition) is 2. The standard InChI is InChI=1S/C17H30N2O2/c1-11(2)15-9-13(10-19(4)17(15)21)8-12(3)14-6-5-7-18-16(14)20/h11-15H,5-10H2,1-4H3,(H,18,20)/t12-,13?,14?,15?/m1/s1. The maximum atomic E-state index is 12.2. The molecule has 0 spiro atoms. The Labute approximate surface area is 128 Å². The first kappa shape index (κ1) is 16.3. The maximum absolute atomic E-state index is 12.2. The summed E-state index contributed by atoms with van der Waals surface area (Å²) in [4.78, 5) is 26.1. The Morgan fingerprint density at radius 1 is 1.24 bits per heavy atom. The molecular weight excluding hydrogens is 264 g/mol. The third-order valence-corrected chi connectivity index (χ3v) is 5.34. The average Bonchev–Trinajstić information content (AvgIpc) is 2.42. The number of hydrogen-bond donors (Lipinski definition) is 1. The van der Waals surface area contributed by atoms with E-state index in [9.17, 15) is 9.59 Å². The Balaban J connectivity index is 1.95. The van der Waals surface area contributed by atoms with Crippen LogP contribution in [0.5, 0.6) is 0 Å². The lowest BCUT2D eigenvalue weighted by Crippen LogP contribution is -2.46. The zero-order valence-corrected chi connectivity index (χ0v) is 13.9. The molecule has 4 atom stereocenters. The molecule has 2 aliphatic heterocycles. The zero-order valence-electron chi connectivity index (χ0n) is 13.9. The van der Waals surface area contributed by atoms with Gasteiger partial charge >= 0.3 is 0 Å². The van der Waals surface area contributed by atoms with E-state index in [1.54, 1.807) is 0 Å². The summed E-state index contributed by atoms with van der Waals surface area (Å²) in [5, 5.41) is 2.99. The molecule has 2 rings (SSSR count). The van der Waals surface area contributed by atoms with Gasteiger partial charge in [-0.1, -0.05) is 20.8 Å². The highest BCUT2D eigenvalue weighted by atomic mass is 16.2. The molecule has 4 heteroatoms. The molecular formula is C17H30N2O2. The molecule has 0 bridgehead atoms. The number of nitrogens with zero attached hydrogens (tertiary/aromatic N) is 1. The monoisotopic (exact) mass is 294 g/mol. The third-order valence-electron chi connectivity index (χ3n) is 5.34. The molecule has 0 aromatic heterocycles. The van der Waals surface area contributed by atoms with Crippen LogP contribution in [0.1, 0.15) is 46.5 Å².